The number of thiophene rings is 1. The molecular formula is C15H13NO2S. The van der Waals surface area contributed by atoms with E-state index < -0.39 is 0 Å². The van der Waals surface area contributed by atoms with E-state index in [0.717, 1.165) is 30.5 Å². The van der Waals surface area contributed by atoms with E-state index in [2.05, 4.69) is 11.2 Å². The predicted octanol–water partition coefficient (Wildman–Crippen LogP) is 3.65. The van der Waals surface area contributed by atoms with Crippen molar-refractivity contribution in [1.82, 2.24) is 0 Å². The first kappa shape index (κ1) is 12.1. The molecule has 1 heterocycles. The van der Waals surface area contributed by atoms with Crippen molar-refractivity contribution < 1.29 is 9.63 Å². The monoisotopic (exact) mass is 271 g/mol. The molecule has 0 saturated heterocycles. The minimum atomic E-state index is -0.384. The number of carbonyl (C=O) groups is 1. The Balaban J connectivity index is 1.80. The maximum atomic E-state index is 11.7. The SMILES string of the molecule is O=C(O/N=C1\CCCc2ccccc21)c1cccs1. The van der Waals surface area contributed by atoms with E-state index in [-0.39, 0.29) is 5.97 Å². The largest absolute Gasteiger partial charge is 0.375 e. The Morgan fingerprint density at radius 2 is 2.05 bits per heavy atom. The Hall–Kier alpha value is -1.94. The summed E-state index contributed by atoms with van der Waals surface area (Å²) in [5.74, 6) is -0.384. The van der Waals surface area contributed by atoms with Crippen molar-refractivity contribution in [3.05, 3.63) is 57.8 Å². The molecule has 0 atom stereocenters. The summed E-state index contributed by atoms with van der Waals surface area (Å²) in [4.78, 5) is 17.4. The molecule has 1 aliphatic carbocycles. The van der Waals surface area contributed by atoms with Crippen LogP contribution in [0.4, 0.5) is 0 Å². The number of oxime groups is 1. The van der Waals surface area contributed by atoms with Crippen LogP contribution < -0.4 is 0 Å². The lowest BCUT2D eigenvalue weighted by molar-refractivity contribution is 0.0521. The zero-order valence-corrected chi connectivity index (χ0v) is 11.2. The molecule has 0 aliphatic heterocycles. The Labute approximate surface area is 115 Å². The molecule has 3 rings (SSSR count). The Bertz CT molecular complexity index is 617. The maximum Gasteiger partial charge on any atom is 0.375 e. The highest BCUT2D eigenvalue weighted by molar-refractivity contribution is 7.11. The number of benzene rings is 1. The summed E-state index contributed by atoms with van der Waals surface area (Å²) in [5.41, 5.74) is 3.25. The van der Waals surface area contributed by atoms with Crippen LogP contribution in [0.15, 0.2) is 46.9 Å². The lowest BCUT2D eigenvalue weighted by atomic mass is 9.90. The summed E-state index contributed by atoms with van der Waals surface area (Å²) < 4.78 is 0. The number of carbonyl (C=O) groups excluding carboxylic acids is 1. The molecule has 0 amide bonds. The molecule has 2 aromatic rings. The number of rotatable bonds is 2. The standard InChI is InChI=1S/C15H13NO2S/c17-15(14-9-4-10-19-14)18-16-13-8-3-6-11-5-1-2-7-12(11)13/h1-2,4-5,7,9-10H,3,6,8H2/b16-13+. The van der Waals surface area contributed by atoms with Crippen molar-refractivity contribution in [3.63, 3.8) is 0 Å². The summed E-state index contributed by atoms with van der Waals surface area (Å²) in [6, 6.07) is 11.7. The number of hydrogen-bond acceptors (Lipinski definition) is 4. The van der Waals surface area contributed by atoms with E-state index in [4.69, 9.17) is 4.84 Å². The summed E-state index contributed by atoms with van der Waals surface area (Å²) in [5, 5.41) is 5.90. The molecule has 3 nitrogen and oxygen atoms in total. The van der Waals surface area contributed by atoms with Gasteiger partial charge < -0.3 is 4.84 Å². The first-order valence-corrected chi connectivity index (χ1v) is 7.12. The fraction of sp³-hybridized carbons (Fsp3) is 0.200. The third-order valence-corrected chi connectivity index (χ3v) is 4.00. The van der Waals surface area contributed by atoms with Crippen LogP contribution in [0.5, 0.6) is 0 Å². The first-order chi connectivity index (χ1) is 9.34. The minimum absolute atomic E-state index is 0.384. The lowest BCUT2D eigenvalue weighted by Crippen LogP contribution is -2.13. The molecule has 96 valence electrons. The summed E-state index contributed by atoms with van der Waals surface area (Å²) in [6.45, 7) is 0. The number of hydrogen-bond donors (Lipinski definition) is 0. The fourth-order valence-electron chi connectivity index (χ4n) is 2.23. The summed E-state index contributed by atoms with van der Waals surface area (Å²) in [7, 11) is 0. The number of fused-ring (bicyclic) bond motifs is 1. The molecule has 0 fully saturated rings. The van der Waals surface area contributed by atoms with Gasteiger partial charge in [0.05, 0.1) is 5.71 Å². The second kappa shape index (κ2) is 5.36. The molecular weight excluding hydrogens is 258 g/mol. The van der Waals surface area contributed by atoms with Gasteiger partial charge in [-0.15, -0.1) is 11.3 Å². The molecule has 0 spiro atoms. The molecule has 1 aliphatic rings. The van der Waals surface area contributed by atoms with E-state index >= 15 is 0 Å². The molecule has 0 bridgehead atoms. The number of nitrogens with zero attached hydrogens (tertiary/aromatic N) is 1. The van der Waals surface area contributed by atoms with Crippen LogP contribution in [-0.4, -0.2) is 11.7 Å². The molecule has 1 aromatic carbocycles. The second-order valence-electron chi connectivity index (χ2n) is 4.40. The first-order valence-electron chi connectivity index (χ1n) is 6.24. The van der Waals surface area contributed by atoms with Crippen molar-refractivity contribution in [3.8, 4) is 0 Å². The second-order valence-corrected chi connectivity index (χ2v) is 5.35. The molecule has 1 aromatic heterocycles. The van der Waals surface area contributed by atoms with Crippen LogP contribution in [0, 0.1) is 0 Å². The Kier molecular flexibility index (Phi) is 3.42. The smallest absolute Gasteiger partial charge is 0.312 e. The highest BCUT2D eigenvalue weighted by Gasteiger charge is 2.16. The van der Waals surface area contributed by atoms with Crippen molar-refractivity contribution in [2.45, 2.75) is 19.3 Å². The zero-order valence-electron chi connectivity index (χ0n) is 10.3. The zero-order chi connectivity index (χ0) is 13.1. The van der Waals surface area contributed by atoms with E-state index in [0.29, 0.717) is 4.88 Å². The molecule has 4 heteroatoms. The predicted molar refractivity (Wildman–Crippen MR) is 75.7 cm³/mol. The van der Waals surface area contributed by atoms with Gasteiger partial charge in [-0.3, -0.25) is 0 Å². The fourth-order valence-corrected chi connectivity index (χ4v) is 2.83. The summed E-state index contributed by atoms with van der Waals surface area (Å²) in [6.07, 6.45) is 2.97. The lowest BCUT2D eigenvalue weighted by Gasteiger charge is -2.16. The maximum absolute atomic E-state index is 11.7. The van der Waals surface area contributed by atoms with Gasteiger partial charge in [-0.05, 0) is 36.3 Å². The van der Waals surface area contributed by atoms with Gasteiger partial charge in [-0.25, -0.2) is 4.79 Å². The van der Waals surface area contributed by atoms with Crippen LogP contribution in [0.3, 0.4) is 0 Å². The highest BCUT2D eigenvalue weighted by atomic mass is 32.1. The molecule has 0 unspecified atom stereocenters. The van der Waals surface area contributed by atoms with Crippen molar-refractivity contribution in [2.75, 3.05) is 0 Å². The van der Waals surface area contributed by atoms with Gasteiger partial charge in [-0.2, -0.15) is 0 Å². The average molecular weight is 271 g/mol. The topological polar surface area (TPSA) is 38.7 Å². The van der Waals surface area contributed by atoms with Crippen molar-refractivity contribution in [2.24, 2.45) is 5.16 Å². The van der Waals surface area contributed by atoms with Crippen molar-refractivity contribution in [1.29, 1.82) is 0 Å². The average Bonchev–Trinajstić information content (AvgIpc) is 2.99. The van der Waals surface area contributed by atoms with Gasteiger partial charge >= 0.3 is 5.97 Å². The minimum Gasteiger partial charge on any atom is -0.312 e. The van der Waals surface area contributed by atoms with Gasteiger partial charge in [0.2, 0.25) is 0 Å². The van der Waals surface area contributed by atoms with E-state index in [1.165, 1.54) is 16.9 Å². The van der Waals surface area contributed by atoms with Gasteiger partial charge in [0.25, 0.3) is 0 Å². The highest BCUT2D eigenvalue weighted by Crippen LogP contribution is 2.22. The third-order valence-electron chi connectivity index (χ3n) is 3.15. The third kappa shape index (κ3) is 2.58. The molecule has 0 saturated carbocycles. The van der Waals surface area contributed by atoms with Crippen LogP contribution in [-0.2, 0) is 11.3 Å². The van der Waals surface area contributed by atoms with E-state index in [1.54, 1.807) is 6.07 Å². The van der Waals surface area contributed by atoms with E-state index in [1.807, 2.05) is 29.6 Å². The molecule has 0 radical (unpaired) electrons. The summed E-state index contributed by atoms with van der Waals surface area (Å²) >= 11 is 1.36. The van der Waals surface area contributed by atoms with Crippen molar-refractivity contribution >= 4 is 23.0 Å². The van der Waals surface area contributed by atoms with Crippen LogP contribution in [0.2, 0.25) is 0 Å². The number of aryl methyl sites for hydroxylation is 1. The quantitative estimate of drug-likeness (QED) is 0.618. The Morgan fingerprint density at radius 1 is 1.16 bits per heavy atom. The molecule has 19 heavy (non-hydrogen) atoms. The van der Waals surface area contributed by atoms with Crippen LogP contribution >= 0.6 is 11.3 Å². The Morgan fingerprint density at radius 3 is 2.89 bits per heavy atom. The van der Waals surface area contributed by atoms with Gasteiger partial charge in [0.1, 0.15) is 4.88 Å². The normalized spacial score (nSPS) is 16.1. The van der Waals surface area contributed by atoms with Crippen LogP contribution in [0.1, 0.15) is 33.6 Å². The van der Waals surface area contributed by atoms with Gasteiger partial charge in [0, 0.05) is 5.56 Å². The van der Waals surface area contributed by atoms with Crippen LogP contribution in [0.25, 0.3) is 0 Å². The van der Waals surface area contributed by atoms with Gasteiger partial charge in [-0.1, -0.05) is 35.5 Å². The van der Waals surface area contributed by atoms with Gasteiger partial charge in [0.15, 0.2) is 0 Å². The molecule has 0 N–H and O–H groups in total. The van der Waals surface area contributed by atoms with E-state index in [9.17, 15) is 4.79 Å².